The molecule has 1 aliphatic heterocycles. The van der Waals surface area contributed by atoms with Crippen LogP contribution in [0.25, 0.3) is 0 Å². The van der Waals surface area contributed by atoms with Gasteiger partial charge in [-0.25, -0.2) is 9.67 Å². The summed E-state index contributed by atoms with van der Waals surface area (Å²) in [5, 5.41) is 12.5. The maximum absolute atomic E-state index is 6.03. The van der Waals surface area contributed by atoms with E-state index >= 15 is 0 Å². The lowest BCUT2D eigenvalue weighted by atomic mass is 10.0. The molecule has 3 rings (SSSR count). The van der Waals surface area contributed by atoms with Crippen LogP contribution in [0.3, 0.4) is 0 Å². The van der Waals surface area contributed by atoms with E-state index in [1.807, 2.05) is 16.4 Å². The Kier molecular flexibility index (Phi) is 5.01. The first-order valence-corrected chi connectivity index (χ1v) is 8.69. The van der Waals surface area contributed by atoms with Crippen molar-refractivity contribution in [2.45, 2.75) is 59.4 Å². The lowest BCUT2D eigenvalue weighted by Crippen LogP contribution is -2.33. The van der Waals surface area contributed by atoms with Gasteiger partial charge in [0, 0.05) is 37.5 Å². The van der Waals surface area contributed by atoms with E-state index in [2.05, 4.69) is 48.2 Å². The van der Waals surface area contributed by atoms with Crippen LogP contribution >= 0.6 is 0 Å². The number of nitrogens with one attached hydrogen (secondary N) is 1. The summed E-state index contributed by atoms with van der Waals surface area (Å²) in [6.07, 6.45) is 2.69. The topological polar surface area (TPSA) is 69.8 Å². The number of ether oxygens (including phenoxy) is 1. The second-order valence-electron chi connectivity index (χ2n) is 7.03. The highest BCUT2D eigenvalue weighted by atomic mass is 16.5. The highest BCUT2D eigenvalue weighted by molar-refractivity contribution is 5.29. The third kappa shape index (κ3) is 3.37. The van der Waals surface area contributed by atoms with E-state index in [0.29, 0.717) is 12.5 Å². The minimum absolute atomic E-state index is 0.0557. The first-order valence-electron chi connectivity index (χ1n) is 8.69. The van der Waals surface area contributed by atoms with Crippen LogP contribution in [0.1, 0.15) is 49.1 Å². The zero-order valence-corrected chi connectivity index (χ0v) is 15.3. The van der Waals surface area contributed by atoms with Crippen LogP contribution < -0.4 is 5.32 Å². The average Bonchev–Trinajstić information content (AvgIpc) is 3.19. The van der Waals surface area contributed by atoms with Crippen LogP contribution in [-0.2, 0) is 24.9 Å². The Bertz CT molecular complexity index is 689. The Hall–Kier alpha value is -1.73. The molecule has 2 aromatic rings. The van der Waals surface area contributed by atoms with Crippen molar-refractivity contribution in [3.8, 4) is 0 Å². The summed E-state index contributed by atoms with van der Waals surface area (Å²) in [7, 11) is 1.98. The molecule has 1 N–H and O–H groups in total. The summed E-state index contributed by atoms with van der Waals surface area (Å²) in [4.78, 5) is 4.40. The number of nitrogens with zero attached hydrogens (tertiary/aromatic N) is 5. The van der Waals surface area contributed by atoms with Crippen LogP contribution in [0.5, 0.6) is 0 Å². The molecule has 24 heavy (non-hydrogen) atoms. The highest BCUT2D eigenvalue weighted by Crippen LogP contribution is 2.33. The molecular weight excluding hydrogens is 304 g/mol. The molecule has 132 valence electrons. The van der Waals surface area contributed by atoms with Gasteiger partial charge in [-0.05, 0) is 26.2 Å². The molecule has 1 fully saturated rings. The van der Waals surface area contributed by atoms with E-state index in [4.69, 9.17) is 4.74 Å². The molecule has 0 radical (unpaired) electrons. The summed E-state index contributed by atoms with van der Waals surface area (Å²) >= 11 is 0. The molecule has 0 amide bonds. The Labute approximate surface area is 143 Å². The summed E-state index contributed by atoms with van der Waals surface area (Å²) in [6.45, 7) is 10.9. The predicted molar refractivity (Wildman–Crippen MR) is 91.5 cm³/mol. The highest BCUT2D eigenvalue weighted by Gasteiger charge is 2.33. The summed E-state index contributed by atoms with van der Waals surface area (Å²) in [5.41, 5.74) is 3.45. The summed E-state index contributed by atoms with van der Waals surface area (Å²) in [5.74, 6) is 1.53. The molecule has 0 aromatic carbocycles. The lowest BCUT2D eigenvalue weighted by Gasteiger charge is -2.21. The second kappa shape index (κ2) is 7.03. The molecule has 1 aliphatic rings. The van der Waals surface area contributed by atoms with Gasteiger partial charge in [-0.3, -0.25) is 4.68 Å². The van der Waals surface area contributed by atoms with Crippen molar-refractivity contribution in [3.05, 3.63) is 29.1 Å². The number of aromatic nitrogens is 5. The van der Waals surface area contributed by atoms with Crippen LogP contribution in [0, 0.1) is 19.8 Å². The standard InChI is InChI=1S/C17H28N6O/c1-11(2)9-23-15(19-10-20-23)8-18-14-6-7-24-17(14)16-12(3)21-22(5)13(16)4/h10-11,14,17-18H,6-9H2,1-5H3/t14-,17-/m1/s1. The molecule has 0 unspecified atom stereocenters. The molecular formula is C17H28N6O. The summed E-state index contributed by atoms with van der Waals surface area (Å²) < 4.78 is 9.96. The molecule has 3 heterocycles. The van der Waals surface area contributed by atoms with Gasteiger partial charge in [-0.1, -0.05) is 13.8 Å². The second-order valence-corrected chi connectivity index (χ2v) is 7.03. The van der Waals surface area contributed by atoms with Crippen molar-refractivity contribution in [1.29, 1.82) is 0 Å². The SMILES string of the molecule is Cc1nn(C)c(C)c1[C@@H]1OCC[C@H]1NCc1ncnn1CC(C)C. The molecule has 1 saturated heterocycles. The van der Waals surface area contributed by atoms with Crippen molar-refractivity contribution < 1.29 is 4.74 Å². The van der Waals surface area contributed by atoms with E-state index in [-0.39, 0.29) is 12.1 Å². The van der Waals surface area contributed by atoms with Gasteiger partial charge in [-0.15, -0.1) is 0 Å². The Morgan fingerprint density at radius 3 is 2.83 bits per heavy atom. The Morgan fingerprint density at radius 2 is 2.17 bits per heavy atom. The molecule has 7 heteroatoms. The number of aryl methyl sites for hydroxylation is 2. The minimum Gasteiger partial charge on any atom is -0.372 e. The van der Waals surface area contributed by atoms with Gasteiger partial charge < -0.3 is 10.1 Å². The molecule has 0 bridgehead atoms. The van der Waals surface area contributed by atoms with E-state index < -0.39 is 0 Å². The Balaban J connectivity index is 1.70. The van der Waals surface area contributed by atoms with E-state index in [0.717, 1.165) is 31.1 Å². The number of hydrogen-bond donors (Lipinski definition) is 1. The van der Waals surface area contributed by atoms with Crippen LogP contribution in [0.2, 0.25) is 0 Å². The third-order valence-corrected chi connectivity index (χ3v) is 4.70. The quantitative estimate of drug-likeness (QED) is 0.875. The largest absolute Gasteiger partial charge is 0.372 e. The van der Waals surface area contributed by atoms with Gasteiger partial charge in [0.05, 0.1) is 12.2 Å². The van der Waals surface area contributed by atoms with Gasteiger partial charge in [0.2, 0.25) is 0 Å². The Morgan fingerprint density at radius 1 is 1.38 bits per heavy atom. The van der Waals surface area contributed by atoms with E-state index in [1.165, 1.54) is 11.3 Å². The fourth-order valence-corrected chi connectivity index (χ4v) is 3.43. The molecule has 2 aromatic heterocycles. The minimum atomic E-state index is 0.0557. The van der Waals surface area contributed by atoms with Crippen LogP contribution in [0.4, 0.5) is 0 Å². The van der Waals surface area contributed by atoms with Crippen molar-refractivity contribution >= 4 is 0 Å². The fraction of sp³-hybridized carbons (Fsp3) is 0.706. The first-order chi connectivity index (χ1) is 11.5. The maximum Gasteiger partial charge on any atom is 0.140 e. The molecule has 0 aliphatic carbocycles. The van der Waals surface area contributed by atoms with E-state index in [1.54, 1.807) is 6.33 Å². The molecule has 2 atom stereocenters. The van der Waals surface area contributed by atoms with Gasteiger partial charge in [0.1, 0.15) is 18.3 Å². The van der Waals surface area contributed by atoms with Crippen molar-refractivity contribution in [2.75, 3.05) is 6.61 Å². The lowest BCUT2D eigenvalue weighted by molar-refractivity contribution is 0.0972. The monoisotopic (exact) mass is 332 g/mol. The predicted octanol–water partition coefficient (Wildman–Crippen LogP) is 1.90. The van der Waals surface area contributed by atoms with Crippen molar-refractivity contribution in [3.63, 3.8) is 0 Å². The van der Waals surface area contributed by atoms with Gasteiger partial charge in [-0.2, -0.15) is 10.2 Å². The van der Waals surface area contributed by atoms with Crippen molar-refractivity contribution in [2.24, 2.45) is 13.0 Å². The van der Waals surface area contributed by atoms with Gasteiger partial charge in [0.25, 0.3) is 0 Å². The molecule has 0 spiro atoms. The maximum atomic E-state index is 6.03. The van der Waals surface area contributed by atoms with Gasteiger partial charge >= 0.3 is 0 Å². The number of rotatable bonds is 6. The smallest absolute Gasteiger partial charge is 0.140 e. The zero-order chi connectivity index (χ0) is 17.3. The zero-order valence-electron chi connectivity index (χ0n) is 15.3. The summed E-state index contributed by atoms with van der Waals surface area (Å²) in [6, 6.07) is 0.274. The van der Waals surface area contributed by atoms with E-state index in [9.17, 15) is 0 Å². The van der Waals surface area contributed by atoms with Crippen LogP contribution in [-0.4, -0.2) is 37.2 Å². The van der Waals surface area contributed by atoms with Crippen LogP contribution in [0.15, 0.2) is 6.33 Å². The fourth-order valence-electron chi connectivity index (χ4n) is 3.43. The molecule has 7 nitrogen and oxygen atoms in total. The average molecular weight is 332 g/mol. The normalized spacial score (nSPS) is 21.1. The third-order valence-electron chi connectivity index (χ3n) is 4.70. The number of hydrogen-bond acceptors (Lipinski definition) is 5. The van der Waals surface area contributed by atoms with Gasteiger partial charge in [0.15, 0.2) is 0 Å². The van der Waals surface area contributed by atoms with Crippen molar-refractivity contribution in [1.82, 2.24) is 29.9 Å². The first kappa shape index (κ1) is 17.1. The molecule has 0 saturated carbocycles.